The predicted molar refractivity (Wildman–Crippen MR) is 112 cm³/mol. The number of hydrogen-bond donors (Lipinski definition) is 2. The molecule has 0 bridgehead atoms. The second kappa shape index (κ2) is 9.27. The Labute approximate surface area is 180 Å². The summed E-state index contributed by atoms with van der Waals surface area (Å²) in [6.45, 7) is 1.90. The zero-order valence-corrected chi connectivity index (χ0v) is 17.9. The Kier molecular flexibility index (Phi) is 6.71. The van der Waals surface area contributed by atoms with Crippen LogP contribution in [0.25, 0.3) is 0 Å². The molecule has 10 heteroatoms. The zero-order valence-electron chi connectivity index (χ0n) is 17.1. The fourth-order valence-electron chi connectivity index (χ4n) is 3.17. The Morgan fingerprint density at radius 3 is 2.48 bits per heavy atom. The molecule has 0 spiro atoms. The summed E-state index contributed by atoms with van der Waals surface area (Å²) in [5.41, 5.74) is 2.05. The third kappa shape index (κ3) is 5.09. The summed E-state index contributed by atoms with van der Waals surface area (Å²) in [6.07, 6.45) is -0.640. The normalized spacial score (nSPS) is 14.8. The van der Waals surface area contributed by atoms with Crippen LogP contribution in [0.2, 0.25) is 0 Å². The number of hydrogen-bond acceptors (Lipinski definition) is 6. The van der Waals surface area contributed by atoms with Gasteiger partial charge in [-0.1, -0.05) is 30.3 Å². The second-order valence-electron chi connectivity index (χ2n) is 7.00. The molecule has 0 aliphatic carbocycles. The number of nitrogens with zero attached hydrogens (tertiary/aromatic N) is 1. The van der Waals surface area contributed by atoms with E-state index in [1.165, 1.54) is 42.5 Å². The largest absolute Gasteiger partial charge is 0.449 e. The van der Waals surface area contributed by atoms with E-state index in [0.29, 0.717) is 13.0 Å². The summed E-state index contributed by atoms with van der Waals surface area (Å²) in [4.78, 5) is 35.5. The standard InChI is InChI=1S/C21H23N3O6S/c1-14(19(25)23-21(27)22-2)30-20(26)16-8-5-9-18(12-16)31(28,29)24-11-10-15-6-3-4-7-17(15)13-24/h3-9,12,14H,10-11,13H2,1-2H3,(H2,22,23,25,27)/t14-/m1/s1. The van der Waals surface area contributed by atoms with E-state index in [1.54, 1.807) is 0 Å². The van der Waals surface area contributed by atoms with Crippen LogP contribution in [-0.2, 0) is 32.5 Å². The number of esters is 1. The molecule has 1 heterocycles. The Hall–Kier alpha value is -3.24. The lowest BCUT2D eigenvalue weighted by Crippen LogP contribution is -2.43. The van der Waals surface area contributed by atoms with Gasteiger partial charge in [-0.15, -0.1) is 0 Å². The van der Waals surface area contributed by atoms with Gasteiger partial charge in [0.25, 0.3) is 5.91 Å². The molecule has 2 N–H and O–H groups in total. The number of urea groups is 1. The minimum atomic E-state index is -3.83. The Bertz CT molecular complexity index is 1120. The Morgan fingerprint density at radius 2 is 1.77 bits per heavy atom. The van der Waals surface area contributed by atoms with E-state index < -0.39 is 34.0 Å². The predicted octanol–water partition coefficient (Wildman–Crippen LogP) is 1.43. The van der Waals surface area contributed by atoms with Crippen molar-refractivity contribution in [3.05, 3.63) is 65.2 Å². The van der Waals surface area contributed by atoms with Crippen LogP contribution < -0.4 is 10.6 Å². The van der Waals surface area contributed by atoms with E-state index in [1.807, 2.05) is 29.6 Å². The smallest absolute Gasteiger partial charge is 0.338 e. The van der Waals surface area contributed by atoms with Gasteiger partial charge in [-0.05, 0) is 42.7 Å². The van der Waals surface area contributed by atoms with Crippen LogP contribution in [0.1, 0.15) is 28.4 Å². The van der Waals surface area contributed by atoms with Crippen LogP contribution in [-0.4, -0.2) is 50.3 Å². The topological polar surface area (TPSA) is 122 Å². The number of carbonyl (C=O) groups is 3. The van der Waals surface area contributed by atoms with Gasteiger partial charge in [-0.3, -0.25) is 10.1 Å². The molecule has 31 heavy (non-hydrogen) atoms. The molecule has 0 saturated carbocycles. The highest BCUT2D eigenvalue weighted by atomic mass is 32.2. The highest BCUT2D eigenvalue weighted by Crippen LogP contribution is 2.25. The lowest BCUT2D eigenvalue weighted by Gasteiger charge is -2.28. The van der Waals surface area contributed by atoms with Crippen LogP contribution in [0.3, 0.4) is 0 Å². The molecule has 164 valence electrons. The number of rotatable bonds is 5. The number of benzene rings is 2. The third-order valence-corrected chi connectivity index (χ3v) is 6.76. The highest BCUT2D eigenvalue weighted by molar-refractivity contribution is 7.89. The van der Waals surface area contributed by atoms with E-state index in [2.05, 4.69) is 5.32 Å². The maximum absolute atomic E-state index is 13.1. The molecule has 1 atom stereocenters. The van der Waals surface area contributed by atoms with E-state index in [-0.39, 0.29) is 17.0 Å². The molecular weight excluding hydrogens is 422 g/mol. The van der Waals surface area contributed by atoms with Gasteiger partial charge in [-0.2, -0.15) is 4.31 Å². The van der Waals surface area contributed by atoms with Gasteiger partial charge in [0.15, 0.2) is 6.10 Å². The maximum Gasteiger partial charge on any atom is 0.338 e. The van der Waals surface area contributed by atoms with Gasteiger partial charge in [0.05, 0.1) is 10.5 Å². The monoisotopic (exact) mass is 445 g/mol. The molecule has 1 aliphatic rings. The SMILES string of the molecule is CNC(=O)NC(=O)[C@@H](C)OC(=O)c1cccc(S(=O)(=O)N2CCc3ccccc3C2)c1. The van der Waals surface area contributed by atoms with Crippen molar-refractivity contribution in [2.75, 3.05) is 13.6 Å². The van der Waals surface area contributed by atoms with Gasteiger partial charge < -0.3 is 10.1 Å². The lowest BCUT2D eigenvalue weighted by atomic mass is 10.0. The van der Waals surface area contributed by atoms with Crippen LogP contribution in [0.15, 0.2) is 53.4 Å². The van der Waals surface area contributed by atoms with Crippen LogP contribution in [0.4, 0.5) is 4.79 Å². The summed E-state index contributed by atoms with van der Waals surface area (Å²) in [5.74, 6) is -1.68. The number of amides is 3. The fraction of sp³-hybridized carbons (Fsp3) is 0.286. The molecule has 0 fully saturated rings. The Morgan fingerprint density at radius 1 is 1.06 bits per heavy atom. The first-order valence-electron chi connectivity index (χ1n) is 9.63. The molecule has 3 rings (SSSR count). The molecule has 0 saturated heterocycles. The molecular formula is C21H23N3O6S. The summed E-state index contributed by atoms with van der Waals surface area (Å²) < 4.78 is 32.7. The number of imide groups is 1. The molecule has 1 aliphatic heterocycles. The van der Waals surface area contributed by atoms with Crippen LogP contribution in [0, 0.1) is 0 Å². The van der Waals surface area contributed by atoms with Crippen molar-refractivity contribution in [2.24, 2.45) is 0 Å². The number of nitrogens with one attached hydrogen (secondary N) is 2. The van der Waals surface area contributed by atoms with Crippen molar-refractivity contribution in [1.82, 2.24) is 14.9 Å². The van der Waals surface area contributed by atoms with Crippen molar-refractivity contribution >= 4 is 27.9 Å². The molecule has 3 amide bonds. The van der Waals surface area contributed by atoms with E-state index in [4.69, 9.17) is 4.74 Å². The fourth-order valence-corrected chi connectivity index (χ4v) is 4.63. The molecule has 0 radical (unpaired) electrons. The number of carbonyl (C=O) groups excluding carboxylic acids is 3. The van der Waals surface area contributed by atoms with E-state index in [9.17, 15) is 22.8 Å². The van der Waals surface area contributed by atoms with Crippen molar-refractivity contribution < 1.29 is 27.5 Å². The summed E-state index contributed by atoms with van der Waals surface area (Å²) >= 11 is 0. The number of fused-ring (bicyclic) bond motifs is 1. The Balaban J connectivity index is 1.74. The van der Waals surface area contributed by atoms with Gasteiger partial charge in [-0.25, -0.2) is 18.0 Å². The van der Waals surface area contributed by atoms with Crippen molar-refractivity contribution in [2.45, 2.75) is 30.9 Å². The average Bonchev–Trinajstić information content (AvgIpc) is 2.78. The van der Waals surface area contributed by atoms with Gasteiger partial charge in [0.2, 0.25) is 10.0 Å². The van der Waals surface area contributed by atoms with E-state index >= 15 is 0 Å². The van der Waals surface area contributed by atoms with E-state index in [0.717, 1.165) is 11.1 Å². The second-order valence-corrected chi connectivity index (χ2v) is 8.94. The van der Waals surface area contributed by atoms with Crippen molar-refractivity contribution in [1.29, 1.82) is 0 Å². The first-order valence-corrected chi connectivity index (χ1v) is 11.1. The minimum Gasteiger partial charge on any atom is -0.449 e. The molecule has 2 aromatic carbocycles. The molecule has 9 nitrogen and oxygen atoms in total. The molecule has 0 unspecified atom stereocenters. The highest BCUT2D eigenvalue weighted by Gasteiger charge is 2.29. The molecule has 2 aromatic rings. The van der Waals surface area contributed by atoms with Crippen LogP contribution >= 0.6 is 0 Å². The third-order valence-electron chi connectivity index (χ3n) is 4.92. The summed E-state index contributed by atoms with van der Waals surface area (Å²) in [7, 11) is -2.49. The maximum atomic E-state index is 13.1. The zero-order chi connectivity index (χ0) is 22.6. The van der Waals surface area contributed by atoms with Gasteiger partial charge in [0, 0.05) is 20.1 Å². The quantitative estimate of drug-likeness (QED) is 0.672. The van der Waals surface area contributed by atoms with Gasteiger partial charge in [0.1, 0.15) is 0 Å². The van der Waals surface area contributed by atoms with Crippen LogP contribution in [0.5, 0.6) is 0 Å². The lowest BCUT2D eigenvalue weighted by molar-refractivity contribution is -0.127. The average molecular weight is 445 g/mol. The molecule has 0 aromatic heterocycles. The van der Waals surface area contributed by atoms with Crippen molar-refractivity contribution in [3.8, 4) is 0 Å². The number of sulfonamides is 1. The van der Waals surface area contributed by atoms with Gasteiger partial charge >= 0.3 is 12.0 Å². The minimum absolute atomic E-state index is 0.0157. The number of ether oxygens (including phenoxy) is 1. The first kappa shape index (κ1) is 22.4. The van der Waals surface area contributed by atoms with Crippen molar-refractivity contribution in [3.63, 3.8) is 0 Å². The summed E-state index contributed by atoms with van der Waals surface area (Å²) in [6, 6.07) is 12.4. The summed E-state index contributed by atoms with van der Waals surface area (Å²) in [5, 5.41) is 4.22. The first-order chi connectivity index (χ1) is 14.7.